The van der Waals surface area contributed by atoms with Gasteiger partial charge < -0.3 is 20.7 Å². The molecule has 2 atom stereocenters. The van der Waals surface area contributed by atoms with Crippen LogP contribution in [0.2, 0.25) is 0 Å². The Morgan fingerprint density at radius 3 is 2.52 bits per heavy atom. The molecule has 0 saturated carbocycles. The minimum atomic E-state index is 0. The highest BCUT2D eigenvalue weighted by Crippen LogP contribution is 2.29. The Balaban J connectivity index is 0.00000181. The zero-order valence-corrected chi connectivity index (χ0v) is 22.4. The number of anilines is 2. The Morgan fingerprint density at radius 2 is 1.85 bits per heavy atom. The van der Waals surface area contributed by atoms with E-state index in [4.69, 9.17) is 4.74 Å². The van der Waals surface area contributed by atoms with Crippen LogP contribution < -0.4 is 20.7 Å². The summed E-state index contributed by atoms with van der Waals surface area (Å²) in [5.41, 5.74) is 4.59. The minimum absolute atomic E-state index is 0. The van der Waals surface area contributed by atoms with E-state index in [0.29, 0.717) is 12.1 Å². The van der Waals surface area contributed by atoms with Crippen LogP contribution in [-0.4, -0.2) is 24.7 Å². The van der Waals surface area contributed by atoms with E-state index in [2.05, 4.69) is 64.3 Å². The van der Waals surface area contributed by atoms with Gasteiger partial charge in [0.2, 0.25) is 0 Å². The highest BCUT2D eigenvalue weighted by molar-refractivity contribution is 7.15. The van der Waals surface area contributed by atoms with E-state index >= 15 is 0 Å². The lowest BCUT2D eigenvalue weighted by Crippen LogP contribution is -2.45. The van der Waals surface area contributed by atoms with Crippen LogP contribution in [0.3, 0.4) is 0 Å². The lowest BCUT2D eigenvalue weighted by molar-refractivity contribution is 0.303. The number of aryl methyl sites for hydroxylation is 2. The van der Waals surface area contributed by atoms with Gasteiger partial charge in [-0.3, -0.25) is 0 Å². The van der Waals surface area contributed by atoms with Gasteiger partial charge in [-0.15, -0.1) is 48.6 Å². The second-order valence-corrected chi connectivity index (χ2v) is 8.99. The first-order valence-electron chi connectivity index (χ1n) is 10.5. The summed E-state index contributed by atoms with van der Waals surface area (Å²) < 4.78 is 5.63. The molecule has 0 amide bonds. The summed E-state index contributed by atoms with van der Waals surface area (Å²) in [5, 5.41) is 11.8. The lowest BCUT2D eigenvalue weighted by atomic mass is 9.92. The van der Waals surface area contributed by atoms with Gasteiger partial charge in [0.25, 0.3) is 0 Å². The molecule has 3 aromatic rings. The Kier molecular flexibility index (Phi) is 12.5. The number of hydrogen-bond donors (Lipinski definition) is 3. The Morgan fingerprint density at radius 1 is 1.09 bits per heavy atom. The third-order valence-electron chi connectivity index (χ3n) is 5.73. The zero-order valence-electron chi connectivity index (χ0n) is 19.1. The number of rotatable bonds is 7. The predicted octanol–water partition coefficient (Wildman–Crippen LogP) is 6.36. The number of nitrogens with one attached hydrogen (secondary N) is 3. The topological polar surface area (TPSA) is 58.2 Å². The number of aromatic nitrogens is 1. The second-order valence-electron chi connectivity index (χ2n) is 7.78. The summed E-state index contributed by atoms with van der Waals surface area (Å²) >= 11 is 1.68. The second kappa shape index (κ2) is 14.0. The summed E-state index contributed by atoms with van der Waals surface area (Å²) in [6.45, 7) is 5.96. The maximum Gasteiger partial charge on any atom is 0.187 e. The van der Waals surface area contributed by atoms with Gasteiger partial charge in [-0.2, -0.15) is 0 Å². The SMILES string of the molecule is COc1ccc(Nc2nc(C)c(C)s2)cc1CNC1CCCNC1c1ccccc1.Cl.Cl.Cl. The highest BCUT2D eigenvalue weighted by Gasteiger charge is 2.25. The Labute approximate surface area is 219 Å². The highest BCUT2D eigenvalue weighted by atomic mass is 35.5. The van der Waals surface area contributed by atoms with Crippen molar-refractivity contribution in [1.82, 2.24) is 15.6 Å². The van der Waals surface area contributed by atoms with Crippen molar-refractivity contribution in [3.8, 4) is 5.75 Å². The van der Waals surface area contributed by atoms with Crippen molar-refractivity contribution >= 4 is 59.4 Å². The largest absolute Gasteiger partial charge is 0.496 e. The molecule has 1 saturated heterocycles. The van der Waals surface area contributed by atoms with Gasteiger partial charge in [0, 0.05) is 34.8 Å². The average molecular weight is 532 g/mol. The summed E-state index contributed by atoms with van der Waals surface area (Å²) in [6, 6.07) is 17.7. The zero-order chi connectivity index (χ0) is 20.9. The number of methoxy groups -OCH3 is 1. The molecule has 0 aliphatic carbocycles. The van der Waals surface area contributed by atoms with Crippen molar-refractivity contribution in [3.63, 3.8) is 0 Å². The van der Waals surface area contributed by atoms with Crippen LogP contribution in [-0.2, 0) is 6.54 Å². The van der Waals surface area contributed by atoms with E-state index < -0.39 is 0 Å². The molecule has 4 rings (SSSR count). The van der Waals surface area contributed by atoms with Crippen molar-refractivity contribution < 1.29 is 4.74 Å². The van der Waals surface area contributed by atoms with E-state index in [0.717, 1.165) is 47.3 Å². The fourth-order valence-electron chi connectivity index (χ4n) is 4.00. The Bertz CT molecular complexity index is 968. The maximum atomic E-state index is 5.63. The number of nitrogens with zero attached hydrogens (tertiary/aromatic N) is 1. The lowest BCUT2D eigenvalue weighted by Gasteiger charge is -2.34. The molecule has 1 aliphatic heterocycles. The quantitative estimate of drug-likeness (QED) is 0.331. The van der Waals surface area contributed by atoms with Crippen LogP contribution in [0.5, 0.6) is 5.75 Å². The molecule has 1 aliphatic rings. The van der Waals surface area contributed by atoms with Crippen LogP contribution in [0, 0.1) is 13.8 Å². The standard InChI is InChI=1S/C24H30N4OS.3ClH/c1-16-17(2)30-24(27-16)28-20-11-12-22(29-3)19(14-20)15-26-21-10-7-13-25-23(21)18-8-5-4-6-9-18;;;/h4-6,8-9,11-12,14,21,23,25-26H,7,10,13,15H2,1-3H3,(H,27,28);3*1H. The molecule has 2 unspecified atom stereocenters. The fraction of sp³-hybridized carbons (Fsp3) is 0.375. The van der Waals surface area contributed by atoms with E-state index in [1.165, 1.54) is 16.9 Å². The monoisotopic (exact) mass is 530 g/mol. The van der Waals surface area contributed by atoms with Crippen LogP contribution in [0.25, 0.3) is 0 Å². The molecular weight excluding hydrogens is 499 g/mol. The van der Waals surface area contributed by atoms with E-state index in [9.17, 15) is 0 Å². The van der Waals surface area contributed by atoms with Gasteiger partial charge in [0.05, 0.1) is 12.8 Å². The third-order valence-corrected chi connectivity index (χ3v) is 6.72. The van der Waals surface area contributed by atoms with Crippen molar-refractivity contribution in [2.45, 2.75) is 45.3 Å². The van der Waals surface area contributed by atoms with Crippen LogP contribution in [0.1, 0.15) is 40.6 Å². The van der Waals surface area contributed by atoms with Crippen molar-refractivity contribution in [3.05, 3.63) is 70.2 Å². The van der Waals surface area contributed by atoms with Gasteiger partial charge in [-0.25, -0.2) is 4.98 Å². The molecule has 0 bridgehead atoms. The number of benzene rings is 2. The Hall–Kier alpha value is -1.54. The van der Waals surface area contributed by atoms with E-state index in [1.54, 1.807) is 18.4 Å². The first-order chi connectivity index (χ1) is 14.6. The van der Waals surface area contributed by atoms with Gasteiger partial charge in [-0.1, -0.05) is 30.3 Å². The maximum absolute atomic E-state index is 5.63. The normalized spacial score (nSPS) is 17.2. The van der Waals surface area contributed by atoms with E-state index in [-0.39, 0.29) is 37.2 Å². The predicted molar refractivity (Wildman–Crippen MR) is 147 cm³/mol. The molecule has 2 heterocycles. The van der Waals surface area contributed by atoms with Crippen molar-refractivity contribution in [2.24, 2.45) is 0 Å². The average Bonchev–Trinajstić information content (AvgIpc) is 3.09. The number of thiazole rings is 1. The number of hydrogen-bond acceptors (Lipinski definition) is 6. The molecule has 9 heteroatoms. The van der Waals surface area contributed by atoms with Crippen LogP contribution in [0.15, 0.2) is 48.5 Å². The molecule has 0 spiro atoms. The van der Waals surface area contributed by atoms with Gasteiger partial charge in [0.15, 0.2) is 5.13 Å². The van der Waals surface area contributed by atoms with Crippen molar-refractivity contribution in [1.29, 1.82) is 0 Å². The summed E-state index contributed by atoms with van der Waals surface area (Å²) in [6.07, 6.45) is 2.34. The molecule has 2 aromatic carbocycles. The first-order valence-corrected chi connectivity index (χ1v) is 11.4. The van der Waals surface area contributed by atoms with Crippen LogP contribution >= 0.6 is 48.6 Å². The van der Waals surface area contributed by atoms with Gasteiger partial charge in [-0.05, 0) is 57.0 Å². The molecule has 5 nitrogen and oxygen atoms in total. The fourth-order valence-corrected chi connectivity index (χ4v) is 4.84. The smallest absolute Gasteiger partial charge is 0.187 e. The van der Waals surface area contributed by atoms with Gasteiger partial charge >= 0.3 is 0 Å². The molecule has 0 radical (unpaired) electrons. The molecule has 1 aromatic heterocycles. The number of ether oxygens (including phenoxy) is 1. The number of piperidine rings is 1. The summed E-state index contributed by atoms with van der Waals surface area (Å²) in [5.74, 6) is 0.902. The molecule has 182 valence electrons. The minimum Gasteiger partial charge on any atom is -0.496 e. The molecular formula is C24H33Cl3N4OS. The third kappa shape index (κ3) is 7.47. The molecule has 1 fully saturated rings. The molecule has 3 N–H and O–H groups in total. The van der Waals surface area contributed by atoms with Crippen LogP contribution in [0.4, 0.5) is 10.8 Å². The van der Waals surface area contributed by atoms with E-state index in [1.807, 2.05) is 19.1 Å². The number of halogens is 3. The molecule has 33 heavy (non-hydrogen) atoms. The van der Waals surface area contributed by atoms with Gasteiger partial charge in [0.1, 0.15) is 5.75 Å². The summed E-state index contributed by atoms with van der Waals surface area (Å²) in [4.78, 5) is 5.83. The first kappa shape index (κ1) is 29.5. The summed E-state index contributed by atoms with van der Waals surface area (Å²) in [7, 11) is 1.73. The van der Waals surface area contributed by atoms with Crippen molar-refractivity contribution in [2.75, 3.05) is 19.0 Å².